The number of nitrogens with one attached hydrogen (secondary N) is 2. The first-order valence-corrected chi connectivity index (χ1v) is 9.35. The number of nitrogens with zero attached hydrogens (tertiary/aromatic N) is 1. The number of amides is 1. The van der Waals surface area contributed by atoms with Gasteiger partial charge in [-0.3, -0.25) is 10.1 Å². The van der Waals surface area contributed by atoms with E-state index in [2.05, 4.69) is 21.9 Å². The predicted octanol–water partition coefficient (Wildman–Crippen LogP) is 3.53. The minimum atomic E-state index is -0.171. The van der Waals surface area contributed by atoms with Crippen molar-refractivity contribution in [3.63, 3.8) is 0 Å². The van der Waals surface area contributed by atoms with Crippen LogP contribution < -0.4 is 10.6 Å². The zero-order valence-corrected chi connectivity index (χ0v) is 16.3. The van der Waals surface area contributed by atoms with Gasteiger partial charge in [0.25, 0.3) is 5.91 Å². The highest BCUT2D eigenvalue weighted by molar-refractivity contribution is 6.03. The number of hydrogen-bond donors (Lipinski definition) is 2. The van der Waals surface area contributed by atoms with Crippen LogP contribution in [0.1, 0.15) is 46.8 Å². The fraction of sp³-hybridized carbons (Fsp3) is 0.500. The third-order valence-corrected chi connectivity index (χ3v) is 5.24. The third-order valence-electron chi connectivity index (χ3n) is 5.24. The zero-order chi connectivity index (χ0) is 17.9. The van der Waals surface area contributed by atoms with Crippen LogP contribution in [0.15, 0.2) is 34.9 Å². The molecule has 0 bridgehead atoms. The zero-order valence-electron chi connectivity index (χ0n) is 15.4. The number of halogens is 1. The summed E-state index contributed by atoms with van der Waals surface area (Å²) in [5.41, 5.74) is 2.60. The topological polar surface area (TPSA) is 76.4 Å². The molecule has 2 fully saturated rings. The Labute approximate surface area is 165 Å². The van der Waals surface area contributed by atoms with Crippen molar-refractivity contribution >= 4 is 24.2 Å². The molecule has 4 rings (SSSR count). The first-order valence-electron chi connectivity index (χ1n) is 9.35. The molecule has 1 aromatic carbocycles. The molecule has 146 valence electrons. The van der Waals surface area contributed by atoms with E-state index < -0.39 is 0 Å². The minimum absolute atomic E-state index is 0. The summed E-state index contributed by atoms with van der Waals surface area (Å²) in [5.74, 6) is 1.43. The maximum Gasteiger partial charge on any atom is 0.258 e. The summed E-state index contributed by atoms with van der Waals surface area (Å²) >= 11 is 0. The Morgan fingerprint density at radius 1 is 1.26 bits per heavy atom. The molecule has 1 aromatic heterocycles. The number of aryl methyl sites for hydroxylation is 1. The molecule has 2 aromatic rings. The summed E-state index contributed by atoms with van der Waals surface area (Å²) in [6.45, 7) is 4.67. The normalized spacial score (nSPS) is 22.1. The van der Waals surface area contributed by atoms with Crippen molar-refractivity contribution in [2.75, 3.05) is 25.1 Å². The van der Waals surface area contributed by atoms with Crippen LogP contribution in [-0.4, -0.2) is 36.9 Å². The summed E-state index contributed by atoms with van der Waals surface area (Å²) in [7, 11) is 0. The van der Waals surface area contributed by atoms with Crippen LogP contribution >= 0.6 is 12.4 Å². The molecule has 1 saturated heterocycles. The number of aromatic nitrogens is 1. The number of benzene rings is 1. The standard InChI is InChI=1S/C20H25N3O3.ClH/c1-13-9-19(26-23-13)22-20(24)16-4-2-3-15(10-16)17-11-18(17)21-12-14-5-7-25-8-6-14;/h2-4,9-10,14,17-18,21H,5-8,11-12H2,1H3,(H,22,24);1H/t17-,18+;/m0./s1. The molecule has 2 atom stereocenters. The van der Waals surface area contributed by atoms with Gasteiger partial charge in [0.1, 0.15) is 0 Å². The Hall–Kier alpha value is -1.89. The Kier molecular flexibility index (Phi) is 6.52. The van der Waals surface area contributed by atoms with Crippen molar-refractivity contribution in [1.29, 1.82) is 0 Å². The Bertz CT molecular complexity index is 773. The number of carbonyl (C=O) groups is 1. The van der Waals surface area contributed by atoms with Gasteiger partial charge in [-0.25, -0.2) is 0 Å². The third kappa shape index (κ3) is 5.09. The summed E-state index contributed by atoms with van der Waals surface area (Å²) in [6.07, 6.45) is 3.44. The average Bonchev–Trinajstić information content (AvgIpc) is 3.34. The van der Waals surface area contributed by atoms with Crippen LogP contribution in [0.4, 0.5) is 5.88 Å². The van der Waals surface area contributed by atoms with Gasteiger partial charge < -0.3 is 14.6 Å². The number of carbonyl (C=O) groups excluding carboxylic acids is 1. The van der Waals surface area contributed by atoms with Gasteiger partial charge in [-0.2, -0.15) is 0 Å². The lowest BCUT2D eigenvalue weighted by Crippen LogP contribution is -2.29. The van der Waals surface area contributed by atoms with E-state index in [-0.39, 0.29) is 18.3 Å². The molecule has 1 amide bonds. The number of ether oxygens (including phenoxy) is 1. The van der Waals surface area contributed by atoms with E-state index in [1.807, 2.05) is 25.1 Å². The van der Waals surface area contributed by atoms with E-state index in [4.69, 9.17) is 9.26 Å². The summed E-state index contributed by atoms with van der Waals surface area (Å²) in [4.78, 5) is 12.4. The highest BCUT2D eigenvalue weighted by atomic mass is 35.5. The number of rotatable bonds is 6. The van der Waals surface area contributed by atoms with Gasteiger partial charge in [0.05, 0.1) is 5.69 Å². The second-order valence-corrected chi connectivity index (χ2v) is 7.32. The minimum Gasteiger partial charge on any atom is -0.381 e. The molecule has 0 spiro atoms. The molecule has 2 heterocycles. The van der Waals surface area contributed by atoms with Crippen LogP contribution in [0.3, 0.4) is 0 Å². The maximum atomic E-state index is 12.4. The van der Waals surface area contributed by atoms with E-state index >= 15 is 0 Å². The van der Waals surface area contributed by atoms with Gasteiger partial charge in [-0.05, 0) is 56.3 Å². The van der Waals surface area contributed by atoms with E-state index in [0.29, 0.717) is 23.4 Å². The van der Waals surface area contributed by atoms with Crippen molar-refractivity contribution in [3.8, 4) is 0 Å². The highest BCUT2D eigenvalue weighted by Crippen LogP contribution is 2.41. The molecule has 2 N–H and O–H groups in total. The van der Waals surface area contributed by atoms with Crippen LogP contribution in [-0.2, 0) is 4.74 Å². The van der Waals surface area contributed by atoms with Crippen molar-refractivity contribution in [3.05, 3.63) is 47.2 Å². The molecule has 0 radical (unpaired) electrons. The van der Waals surface area contributed by atoms with Crippen molar-refractivity contribution in [2.24, 2.45) is 5.92 Å². The second-order valence-electron chi connectivity index (χ2n) is 7.32. The summed E-state index contributed by atoms with van der Waals surface area (Å²) in [5, 5.41) is 10.2. The van der Waals surface area contributed by atoms with Gasteiger partial charge in [0.15, 0.2) is 0 Å². The average molecular weight is 392 g/mol. The SMILES string of the molecule is Cc1cc(NC(=O)c2cccc([C@@H]3C[C@H]3NCC3CCOCC3)c2)on1.Cl. The first-order chi connectivity index (χ1) is 12.7. The predicted molar refractivity (Wildman–Crippen MR) is 106 cm³/mol. The van der Waals surface area contributed by atoms with E-state index in [9.17, 15) is 4.79 Å². The molecule has 1 saturated carbocycles. The molecule has 1 aliphatic carbocycles. The molecule has 27 heavy (non-hydrogen) atoms. The smallest absolute Gasteiger partial charge is 0.258 e. The van der Waals surface area contributed by atoms with Crippen molar-refractivity contribution < 1.29 is 14.1 Å². The van der Waals surface area contributed by atoms with Gasteiger partial charge in [0.2, 0.25) is 5.88 Å². The first kappa shape index (κ1) is 19.9. The van der Waals surface area contributed by atoms with E-state index in [0.717, 1.165) is 50.6 Å². The van der Waals surface area contributed by atoms with Crippen LogP contribution in [0.25, 0.3) is 0 Å². The monoisotopic (exact) mass is 391 g/mol. The summed E-state index contributed by atoms with van der Waals surface area (Å²) < 4.78 is 10.5. The second kappa shape index (κ2) is 8.87. The Morgan fingerprint density at radius 3 is 2.81 bits per heavy atom. The fourth-order valence-corrected chi connectivity index (χ4v) is 3.57. The maximum absolute atomic E-state index is 12.4. The lowest BCUT2D eigenvalue weighted by Gasteiger charge is -2.22. The van der Waals surface area contributed by atoms with Crippen molar-refractivity contribution in [1.82, 2.24) is 10.5 Å². The van der Waals surface area contributed by atoms with Crippen LogP contribution in [0.5, 0.6) is 0 Å². The lowest BCUT2D eigenvalue weighted by molar-refractivity contribution is 0.0662. The van der Waals surface area contributed by atoms with E-state index in [1.165, 1.54) is 5.56 Å². The number of hydrogen-bond acceptors (Lipinski definition) is 5. The molecule has 1 aliphatic heterocycles. The quantitative estimate of drug-likeness (QED) is 0.787. The molecular formula is C20H26ClN3O3. The van der Waals surface area contributed by atoms with Crippen LogP contribution in [0.2, 0.25) is 0 Å². The molecule has 6 nitrogen and oxygen atoms in total. The van der Waals surface area contributed by atoms with Gasteiger partial charge in [-0.1, -0.05) is 17.3 Å². The van der Waals surface area contributed by atoms with Crippen LogP contribution in [0, 0.1) is 12.8 Å². The Morgan fingerprint density at radius 2 is 2.07 bits per heavy atom. The van der Waals surface area contributed by atoms with Gasteiger partial charge in [0, 0.05) is 36.8 Å². The van der Waals surface area contributed by atoms with E-state index in [1.54, 1.807) is 6.07 Å². The summed E-state index contributed by atoms with van der Waals surface area (Å²) in [6, 6.07) is 10.1. The molecule has 2 aliphatic rings. The number of anilines is 1. The van der Waals surface area contributed by atoms with Crippen molar-refractivity contribution in [2.45, 2.75) is 38.1 Å². The molecular weight excluding hydrogens is 366 g/mol. The Balaban J connectivity index is 0.00000210. The van der Waals surface area contributed by atoms with Gasteiger partial charge in [-0.15, -0.1) is 12.4 Å². The lowest BCUT2D eigenvalue weighted by atomic mass is 10.0. The highest BCUT2D eigenvalue weighted by Gasteiger charge is 2.38. The van der Waals surface area contributed by atoms with Gasteiger partial charge >= 0.3 is 0 Å². The fourth-order valence-electron chi connectivity index (χ4n) is 3.57. The largest absolute Gasteiger partial charge is 0.381 e. The molecule has 7 heteroatoms. The molecule has 0 unspecified atom stereocenters.